The number of carbonyl (C=O) groups excluding carboxylic acids is 1. The molecular formula is C18H25N5O2S. The average molecular weight is 375 g/mol. The van der Waals surface area contributed by atoms with Crippen LogP contribution in [0.4, 0.5) is 0 Å². The van der Waals surface area contributed by atoms with E-state index in [9.17, 15) is 9.90 Å². The standard InChI is InChI=1S/C18H25N5O2S/c1-3-19-18(21-9-8-15-12-26-13(2)23-15)22-11-10-20-17(25)14-4-6-16(24)7-5-14/h4-7,12,24H,3,8-11H2,1-2H3,(H,20,25)(H2,19,21,22). The van der Waals surface area contributed by atoms with Gasteiger partial charge in [0, 0.05) is 43.5 Å². The molecule has 1 aromatic carbocycles. The lowest BCUT2D eigenvalue weighted by Crippen LogP contribution is -2.41. The summed E-state index contributed by atoms with van der Waals surface area (Å²) < 4.78 is 0. The third-order valence-electron chi connectivity index (χ3n) is 3.48. The van der Waals surface area contributed by atoms with E-state index in [1.807, 2.05) is 13.8 Å². The largest absolute Gasteiger partial charge is 0.508 e. The quantitative estimate of drug-likeness (QED) is 0.320. The minimum Gasteiger partial charge on any atom is -0.508 e. The smallest absolute Gasteiger partial charge is 0.251 e. The van der Waals surface area contributed by atoms with Gasteiger partial charge in [-0.25, -0.2) is 4.98 Å². The Morgan fingerprint density at radius 1 is 1.19 bits per heavy atom. The van der Waals surface area contributed by atoms with Gasteiger partial charge in [0.2, 0.25) is 0 Å². The summed E-state index contributed by atoms with van der Waals surface area (Å²) >= 11 is 1.65. The van der Waals surface area contributed by atoms with Crippen molar-refractivity contribution in [3.8, 4) is 5.75 Å². The van der Waals surface area contributed by atoms with Crippen molar-refractivity contribution in [3.05, 3.63) is 45.9 Å². The minimum absolute atomic E-state index is 0.141. The van der Waals surface area contributed by atoms with Gasteiger partial charge in [-0.2, -0.15) is 0 Å². The lowest BCUT2D eigenvalue weighted by molar-refractivity contribution is 0.0954. The summed E-state index contributed by atoms with van der Waals surface area (Å²) in [6.45, 7) is 6.45. The molecule has 0 aliphatic rings. The summed E-state index contributed by atoms with van der Waals surface area (Å²) in [7, 11) is 0. The molecule has 2 rings (SSSR count). The van der Waals surface area contributed by atoms with Gasteiger partial charge in [-0.05, 0) is 38.1 Å². The van der Waals surface area contributed by atoms with Crippen LogP contribution in [0.1, 0.15) is 28.0 Å². The fourth-order valence-electron chi connectivity index (χ4n) is 2.22. The summed E-state index contributed by atoms with van der Waals surface area (Å²) in [6, 6.07) is 6.16. The number of aromatic hydroxyl groups is 1. The zero-order chi connectivity index (χ0) is 18.8. The first-order chi connectivity index (χ1) is 12.6. The van der Waals surface area contributed by atoms with Crippen LogP contribution in [-0.4, -0.2) is 48.1 Å². The van der Waals surface area contributed by atoms with Crippen molar-refractivity contribution in [2.24, 2.45) is 4.99 Å². The number of aliphatic imine (C=N–C) groups is 1. The van der Waals surface area contributed by atoms with Crippen LogP contribution in [0.3, 0.4) is 0 Å². The number of rotatable bonds is 8. The van der Waals surface area contributed by atoms with E-state index in [4.69, 9.17) is 0 Å². The van der Waals surface area contributed by atoms with Gasteiger partial charge in [0.25, 0.3) is 5.91 Å². The molecule has 0 unspecified atom stereocenters. The molecule has 7 nitrogen and oxygen atoms in total. The first-order valence-corrected chi connectivity index (χ1v) is 9.47. The number of nitrogens with one attached hydrogen (secondary N) is 3. The van der Waals surface area contributed by atoms with Crippen LogP contribution in [-0.2, 0) is 6.42 Å². The predicted molar refractivity (Wildman–Crippen MR) is 105 cm³/mol. The molecule has 0 aliphatic carbocycles. The number of hydrogen-bond donors (Lipinski definition) is 4. The Morgan fingerprint density at radius 3 is 2.58 bits per heavy atom. The van der Waals surface area contributed by atoms with Crippen molar-refractivity contribution < 1.29 is 9.90 Å². The second kappa shape index (κ2) is 10.4. The van der Waals surface area contributed by atoms with Gasteiger partial charge in [-0.15, -0.1) is 11.3 Å². The zero-order valence-electron chi connectivity index (χ0n) is 15.1. The highest BCUT2D eigenvalue weighted by atomic mass is 32.1. The topological polar surface area (TPSA) is 98.6 Å². The number of thiazole rings is 1. The Bertz CT molecular complexity index is 727. The van der Waals surface area contributed by atoms with E-state index in [1.54, 1.807) is 23.5 Å². The third-order valence-corrected chi connectivity index (χ3v) is 4.30. The molecular weight excluding hydrogens is 350 g/mol. The first-order valence-electron chi connectivity index (χ1n) is 8.59. The van der Waals surface area contributed by atoms with Gasteiger partial charge in [0.05, 0.1) is 10.7 Å². The van der Waals surface area contributed by atoms with Crippen LogP contribution in [0.5, 0.6) is 5.75 Å². The van der Waals surface area contributed by atoms with Gasteiger partial charge < -0.3 is 21.1 Å². The molecule has 26 heavy (non-hydrogen) atoms. The van der Waals surface area contributed by atoms with E-state index in [2.05, 4.69) is 31.3 Å². The van der Waals surface area contributed by atoms with Crippen molar-refractivity contribution in [2.45, 2.75) is 20.3 Å². The number of carbonyl (C=O) groups is 1. The molecule has 0 fully saturated rings. The maximum absolute atomic E-state index is 12.0. The molecule has 8 heteroatoms. The molecule has 2 aromatic rings. The Morgan fingerprint density at radius 2 is 1.92 bits per heavy atom. The molecule has 0 radical (unpaired) electrons. The maximum atomic E-state index is 12.0. The first kappa shape index (κ1) is 19.7. The fourth-order valence-corrected chi connectivity index (χ4v) is 2.87. The van der Waals surface area contributed by atoms with Crippen LogP contribution >= 0.6 is 11.3 Å². The fraction of sp³-hybridized carbons (Fsp3) is 0.389. The molecule has 0 bridgehead atoms. The molecule has 0 saturated heterocycles. The van der Waals surface area contributed by atoms with Crippen LogP contribution in [0.25, 0.3) is 0 Å². The number of guanidine groups is 1. The van der Waals surface area contributed by atoms with Crippen molar-refractivity contribution >= 4 is 23.2 Å². The summed E-state index contributed by atoms with van der Waals surface area (Å²) in [4.78, 5) is 20.9. The lowest BCUT2D eigenvalue weighted by Gasteiger charge is -2.11. The van der Waals surface area contributed by atoms with Crippen molar-refractivity contribution in [2.75, 3.05) is 26.2 Å². The summed E-state index contributed by atoms with van der Waals surface area (Å²) in [5.74, 6) is 0.688. The van der Waals surface area contributed by atoms with Crippen LogP contribution in [0, 0.1) is 6.92 Å². The van der Waals surface area contributed by atoms with Crippen LogP contribution in [0.15, 0.2) is 34.6 Å². The zero-order valence-corrected chi connectivity index (χ0v) is 15.9. The molecule has 0 spiro atoms. The number of aryl methyl sites for hydroxylation is 1. The van der Waals surface area contributed by atoms with Crippen molar-refractivity contribution in [1.29, 1.82) is 0 Å². The molecule has 1 aromatic heterocycles. The molecule has 0 atom stereocenters. The number of benzene rings is 1. The van der Waals surface area contributed by atoms with E-state index in [0.717, 1.165) is 29.6 Å². The monoisotopic (exact) mass is 375 g/mol. The summed E-state index contributed by atoms with van der Waals surface area (Å²) in [5, 5.41) is 21.6. The van der Waals surface area contributed by atoms with Gasteiger partial charge in [0.15, 0.2) is 5.96 Å². The van der Waals surface area contributed by atoms with Gasteiger partial charge in [-0.3, -0.25) is 9.79 Å². The van der Waals surface area contributed by atoms with Crippen molar-refractivity contribution in [3.63, 3.8) is 0 Å². The second-order valence-electron chi connectivity index (χ2n) is 5.60. The minimum atomic E-state index is -0.173. The Kier molecular flexibility index (Phi) is 7.88. The SMILES string of the molecule is CCNC(=NCCc1csc(C)n1)NCCNC(=O)c1ccc(O)cc1. The highest BCUT2D eigenvalue weighted by Gasteiger charge is 2.05. The molecule has 1 amide bonds. The van der Waals surface area contributed by atoms with Crippen LogP contribution < -0.4 is 16.0 Å². The molecule has 140 valence electrons. The normalized spacial score (nSPS) is 11.2. The van der Waals surface area contributed by atoms with Gasteiger partial charge in [0.1, 0.15) is 5.75 Å². The molecule has 0 aliphatic heterocycles. The van der Waals surface area contributed by atoms with E-state index < -0.39 is 0 Å². The predicted octanol–water partition coefficient (Wildman–Crippen LogP) is 1.68. The van der Waals surface area contributed by atoms with Gasteiger partial charge in [-0.1, -0.05) is 0 Å². The number of phenolic OH excluding ortho intramolecular Hbond substituents is 1. The van der Waals surface area contributed by atoms with E-state index in [1.165, 1.54) is 12.1 Å². The molecule has 1 heterocycles. The van der Waals surface area contributed by atoms with E-state index >= 15 is 0 Å². The van der Waals surface area contributed by atoms with E-state index in [-0.39, 0.29) is 11.7 Å². The Hall–Kier alpha value is -2.61. The molecule has 0 saturated carbocycles. The maximum Gasteiger partial charge on any atom is 0.251 e. The lowest BCUT2D eigenvalue weighted by atomic mass is 10.2. The number of amides is 1. The van der Waals surface area contributed by atoms with Crippen LogP contribution in [0.2, 0.25) is 0 Å². The second-order valence-corrected chi connectivity index (χ2v) is 6.66. The highest BCUT2D eigenvalue weighted by Crippen LogP contribution is 2.09. The number of nitrogens with zero attached hydrogens (tertiary/aromatic N) is 2. The third kappa shape index (κ3) is 6.72. The number of hydrogen-bond acceptors (Lipinski definition) is 5. The summed E-state index contributed by atoms with van der Waals surface area (Å²) in [5.41, 5.74) is 1.58. The number of aromatic nitrogens is 1. The Balaban J connectivity index is 1.72. The van der Waals surface area contributed by atoms with Gasteiger partial charge >= 0.3 is 0 Å². The average Bonchev–Trinajstić information content (AvgIpc) is 3.04. The highest BCUT2D eigenvalue weighted by molar-refractivity contribution is 7.09. The Labute approximate surface area is 157 Å². The number of phenols is 1. The molecule has 4 N–H and O–H groups in total. The summed E-state index contributed by atoms with van der Waals surface area (Å²) in [6.07, 6.45) is 0.804. The van der Waals surface area contributed by atoms with E-state index in [0.29, 0.717) is 25.2 Å². The van der Waals surface area contributed by atoms with Crippen molar-refractivity contribution in [1.82, 2.24) is 20.9 Å².